The monoisotopic (exact) mass is 355 g/mol. The van der Waals surface area contributed by atoms with Gasteiger partial charge < -0.3 is 5.73 Å². The minimum atomic E-state index is -4.90. The van der Waals surface area contributed by atoms with Gasteiger partial charge in [0.15, 0.2) is 0 Å². The molecule has 0 bridgehead atoms. The summed E-state index contributed by atoms with van der Waals surface area (Å²) < 4.78 is 78.0. The van der Waals surface area contributed by atoms with Gasteiger partial charge in [-0.15, -0.1) is 0 Å². The van der Waals surface area contributed by atoms with Crippen molar-refractivity contribution in [1.29, 1.82) is 0 Å². The van der Waals surface area contributed by atoms with E-state index in [0.29, 0.717) is 17.5 Å². The molecule has 7 heteroatoms. The van der Waals surface area contributed by atoms with E-state index in [0.717, 1.165) is 5.39 Å². The molecule has 0 aromatic heterocycles. The maximum Gasteiger partial charge on any atom is 0.416 e. The van der Waals surface area contributed by atoms with Crippen LogP contribution in [-0.2, 0) is 12.4 Å². The van der Waals surface area contributed by atoms with Gasteiger partial charge in [0, 0.05) is 11.3 Å². The molecule has 3 aromatic rings. The molecule has 0 aliphatic carbocycles. The number of hydrogen-bond donors (Lipinski definition) is 1. The maximum atomic E-state index is 13.0. The highest BCUT2D eigenvalue weighted by Crippen LogP contribution is 2.40. The van der Waals surface area contributed by atoms with Gasteiger partial charge in [-0.05, 0) is 46.7 Å². The number of fused-ring (bicyclic) bond motifs is 1. The molecule has 0 saturated heterocycles. The molecule has 3 aromatic carbocycles. The second-order valence-corrected chi connectivity index (χ2v) is 5.58. The zero-order chi connectivity index (χ0) is 18.4. The predicted molar refractivity (Wildman–Crippen MR) is 83.8 cm³/mol. The van der Waals surface area contributed by atoms with Crippen LogP contribution in [0.4, 0.5) is 32.0 Å². The number of hydrogen-bond acceptors (Lipinski definition) is 1. The molecule has 0 atom stereocenters. The lowest BCUT2D eigenvalue weighted by atomic mass is 9.95. The number of anilines is 1. The fourth-order valence-corrected chi connectivity index (χ4v) is 2.62. The van der Waals surface area contributed by atoms with Crippen molar-refractivity contribution in [3.05, 3.63) is 65.7 Å². The van der Waals surface area contributed by atoms with E-state index in [1.54, 1.807) is 24.3 Å². The minimum Gasteiger partial charge on any atom is -0.398 e. The topological polar surface area (TPSA) is 26.0 Å². The number of rotatable bonds is 1. The standard InChI is InChI=1S/C18H11F6N/c19-17(20,21)13-5-12(6-14(9-13)18(22,23)24)15-7-10-3-1-2-4-11(10)8-16(15)25/h1-9H,25H2. The van der Waals surface area contributed by atoms with Crippen LogP contribution in [0.15, 0.2) is 54.6 Å². The third-order valence-electron chi connectivity index (χ3n) is 3.82. The van der Waals surface area contributed by atoms with Crippen molar-refractivity contribution in [3.8, 4) is 11.1 Å². The second-order valence-electron chi connectivity index (χ2n) is 5.58. The molecule has 2 N–H and O–H groups in total. The summed E-state index contributed by atoms with van der Waals surface area (Å²) in [5.74, 6) is 0. The maximum absolute atomic E-state index is 13.0. The molecular weight excluding hydrogens is 344 g/mol. The molecule has 3 rings (SSSR count). The Kier molecular flexibility index (Phi) is 3.89. The van der Waals surface area contributed by atoms with Crippen LogP contribution in [-0.4, -0.2) is 0 Å². The van der Waals surface area contributed by atoms with Crippen LogP contribution in [0.2, 0.25) is 0 Å². The molecule has 25 heavy (non-hydrogen) atoms. The van der Waals surface area contributed by atoms with E-state index in [-0.39, 0.29) is 22.9 Å². The first-order valence-electron chi connectivity index (χ1n) is 7.14. The summed E-state index contributed by atoms with van der Waals surface area (Å²) in [6.45, 7) is 0. The van der Waals surface area contributed by atoms with E-state index in [1.165, 1.54) is 12.1 Å². The first-order chi connectivity index (χ1) is 11.6. The smallest absolute Gasteiger partial charge is 0.398 e. The lowest BCUT2D eigenvalue weighted by molar-refractivity contribution is -0.143. The predicted octanol–water partition coefficient (Wildman–Crippen LogP) is 6.13. The Balaban J connectivity index is 2.28. The largest absolute Gasteiger partial charge is 0.416 e. The number of nitrogen functional groups attached to an aromatic ring is 1. The average molecular weight is 355 g/mol. The van der Waals surface area contributed by atoms with Crippen LogP contribution >= 0.6 is 0 Å². The van der Waals surface area contributed by atoms with Gasteiger partial charge >= 0.3 is 12.4 Å². The molecule has 0 amide bonds. The molecule has 0 fully saturated rings. The van der Waals surface area contributed by atoms with Crippen LogP contribution in [0.1, 0.15) is 11.1 Å². The Labute approximate surface area is 138 Å². The minimum absolute atomic E-state index is 0.0980. The van der Waals surface area contributed by atoms with E-state index in [1.807, 2.05) is 0 Å². The van der Waals surface area contributed by atoms with E-state index in [2.05, 4.69) is 0 Å². The zero-order valence-corrected chi connectivity index (χ0v) is 12.5. The Morgan fingerprint density at radius 3 is 1.60 bits per heavy atom. The Morgan fingerprint density at radius 2 is 1.12 bits per heavy atom. The fourth-order valence-electron chi connectivity index (χ4n) is 2.62. The summed E-state index contributed by atoms with van der Waals surface area (Å²) in [5.41, 5.74) is 3.13. The lowest BCUT2D eigenvalue weighted by Gasteiger charge is -2.16. The van der Waals surface area contributed by atoms with Crippen LogP contribution in [0.5, 0.6) is 0 Å². The molecular formula is C18H11F6N. The first kappa shape index (κ1) is 17.1. The molecule has 1 nitrogen and oxygen atoms in total. The molecule has 0 saturated carbocycles. The van der Waals surface area contributed by atoms with Gasteiger partial charge in [0.05, 0.1) is 11.1 Å². The summed E-state index contributed by atoms with van der Waals surface area (Å²) >= 11 is 0. The summed E-state index contributed by atoms with van der Waals surface area (Å²) in [6.07, 6.45) is -9.80. The van der Waals surface area contributed by atoms with Gasteiger partial charge in [0.1, 0.15) is 0 Å². The third kappa shape index (κ3) is 3.40. The summed E-state index contributed by atoms with van der Waals surface area (Å²) in [6, 6.07) is 11.4. The zero-order valence-electron chi connectivity index (χ0n) is 12.5. The summed E-state index contributed by atoms with van der Waals surface area (Å²) in [7, 11) is 0. The first-order valence-corrected chi connectivity index (χ1v) is 7.14. The van der Waals surface area contributed by atoms with Crippen molar-refractivity contribution >= 4 is 16.5 Å². The number of halogens is 6. The van der Waals surface area contributed by atoms with E-state index in [4.69, 9.17) is 5.73 Å². The van der Waals surface area contributed by atoms with Crippen molar-refractivity contribution in [2.24, 2.45) is 0 Å². The normalized spacial score (nSPS) is 12.6. The molecule has 0 spiro atoms. The van der Waals surface area contributed by atoms with E-state index >= 15 is 0 Å². The van der Waals surface area contributed by atoms with Crippen molar-refractivity contribution in [1.82, 2.24) is 0 Å². The second kappa shape index (κ2) is 5.68. The van der Waals surface area contributed by atoms with Crippen molar-refractivity contribution in [2.45, 2.75) is 12.4 Å². The SMILES string of the molecule is Nc1cc2ccccc2cc1-c1cc(C(F)(F)F)cc(C(F)(F)F)c1. The van der Waals surface area contributed by atoms with Gasteiger partial charge in [-0.2, -0.15) is 26.3 Å². The Hall–Kier alpha value is -2.70. The number of nitrogens with two attached hydrogens (primary N) is 1. The molecule has 130 valence electrons. The van der Waals surface area contributed by atoms with Crippen LogP contribution in [0, 0.1) is 0 Å². The molecule has 0 radical (unpaired) electrons. The summed E-state index contributed by atoms with van der Waals surface area (Å²) in [5, 5.41) is 1.41. The summed E-state index contributed by atoms with van der Waals surface area (Å²) in [4.78, 5) is 0. The van der Waals surface area contributed by atoms with Gasteiger partial charge in [0.2, 0.25) is 0 Å². The van der Waals surface area contributed by atoms with E-state index in [9.17, 15) is 26.3 Å². The molecule has 0 unspecified atom stereocenters. The number of benzene rings is 3. The van der Waals surface area contributed by atoms with Gasteiger partial charge in [-0.3, -0.25) is 0 Å². The Bertz CT molecular complexity index is 908. The van der Waals surface area contributed by atoms with E-state index < -0.39 is 23.5 Å². The van der Waals surface area contributed by atoms with Crippen LogP contribution in [0.3, 0.4) is 0 Å². The number of alkyl halides is 6. The highest BCUT2D eigenvalue weighted by molar-refractivity contribution is 5.93. The molecule has 0 aliphatic heterocycles. The van der Waals surface area contributed by atoms with Crippen LogP contribution in [0.25, 0.3) is 21.9 Å². The van der Waals surface area contributed by atoms with Crippen molar-refractivity contribution < 1.29 is 26.3 Å². The lowest BCUT2D eigenvalue weighted by Crippen LogP contribution is -2.11. The fraction of sp³-hybridized carbons (Fsp3) is 0.111. The van der Waals surface area contributed by atoms with Gasteiger partial charge in [-0.25, -0.2) is 0 Å². The van der Waals surface area contributed by atoms with Gasteiger partial charge in [-0.1, -0.05) is 24.3 Å². The highest BCUT2D eigenvalue weighted by Gasteiger charge is 2.37. The van der Waals surface area contributed by atoms with Crippen LogP contribution < -0.4 is 5.73 Å². The van der Waals surface area contributed by atoms with Gasteiger partial charge in [0.25, 0.3) is 0 Å². The average Bonchev–Trinajstić information content (AvgIpc) is 2.52. The highest BCUT2D eigenvalue weighted by atomic mass is 19.4. The van der Waals surface area contributed by atoms with Crippen molar-refractivity contribution in [3.63, 3.8) is 0 Å². The molecule has 0 aliphatic rings. The third-order valence-corrected chi connectivity index (χ3v) is 3.82. The molecule has 0 heterocycles. The quantitative estimate of drug-likeness (QED) is 0.413. The van der Waals surface area contributed by atoms with Crippen molar-refractivity contribution in [2.75, 3.05) is 5.73 Å². The Morgan fingerprint density at radius 1 is 0.640 bits per heavy atom.